The topological polar surface area (TPSA) is 61.8 Å². The number of para-hydroxylation sites is 2. The van der Waals surface area contributed by atoms with Crippen LogP contribution in [0.5, 0.6) is 11.5 Å². The Morgan fingerprint density at radius 3 is 2.17 bits per heavy atom. The van der Waals surface area contributed by atoms with Gasteiger partial charge >= 0.3 is 5.97 Å². The molecular weight excluding hydrogens is 315 g/mol. The van der Waals surface area contributed by atoms with E-state index in [1.807, 2.05) is 6.92 Å². The number of benzene rings is 2. The molecule has 24 heavy (non-hydrogen) atoms. The van der Waals surface area contributed by atoms with E-state index in [9.17, 15) is 14.0 Å². The number of Topliss-reactive ketones (excluding diaryl/α,β-unsaturated/α-hetero) is 1. The molecule has 0 unspecified atom stereocenters. The first-order chi connectivity index (χ1) is 11.6. The van der Waals surface area contributed by atoms with E-state index >= 15 is 0 Å². The average molecular weight is 332 g/mol. The van der Waals surface area contributed by atoms with Crippen LogP contribution in [0.4, 0.5) is 4.39 Å². The Bertz CT molecular complexity index is 697. The molecule has 0 amide bonds. The van der Waals surface area contributed by atoms with Gasteiger partial charge in [0, 0.05) is 5.56 Å². The molecule has 0 spiro atoms. The van der Waals surface area contributed by atoms with Gasteiger partial charge in [-0.05, 0) is 43.3 Å². The van der Waals surface area contributed by atoms with E-state index in [0.717, 1.165) is 0 Å². The molecule has 0 aliphatic carbocycles. The molecule has 0 bridgehead atoms. The van der Waals surface area contributed by atoms with Crippen LogP contribution in [-0.2, 0) is 9.53 Å². The summed E-state index contributed by atoms with van der Waals surface area (Å²) in [6.07, 6.45) is 0. The Hall–Kier alpha value is -2.89. The molecule has 0 saturated heterocycles. The summed E-state index contributed by atoms with van der Waals surface area (Å²) in [5.41, 5.74) is 0.270. The van der Waals surface area contributed by atoms with Crippen molar-refractivity contribution in [2.45, 2.75) is 6.92 Å². The van der Waals surface area contributed by atoms with Crippen LogP contribution in [0.2, 0.25) is 0 Å². The number of carbonyl (C=O) groups excluding carboxylic acids is 2. The minimum Gasteiger partial charge on any atom is -0.490 e. The van der Waals surface area contributed by atoms with Crippen LogP contribution in [0.3, 0.4) is 0 Å². The molecule has 6 heteroatoms. The van der Waals surface area contributed by atoms with Gasteiger partial charge in [-0.2, -0.15) is 0 Å². The van der Waals surface area contributed by atoms with Crippen molar-refractivity contribution in [3.63, 3.8) is 0 Å². The Kier molecular flexibility index (Phi) is 6.31. The number of halogens is 1. The van der Waals surface area contributed by atoms with Gasteiger partial charge in [0.15, 0.2) is 30.5 Å². The minimum absolute atomic E-state index is 0.270. The molecule has 0 aromatic heterocycles. The zero-order valence-corrected chi connectivity index (χ0v) is 13.2. The second-order valence-electron chi connectivity index (χ2n) is 4.76. The van der Waals surface area contributed by atoms with Gasteiger partial charge in [-0.15, -0.1) is 0 Å². The summed E-state index contributed by atoms with van der Waals surface area (Å²) in [7, 11) is 0. The highest BCUT2D eigenvalue weighted by atomic mass is 19.1. The van der Waals surface area contributed by atoms with E-state index in [1.54, 1.807) is 24.3 Å². The zero-order valence-electron chi connectivity index (χ0n) is 13.2. The minimum atomic E-state index is -0.684. The van der Waals surface area contributed by atoms with Gasteiger partial charge in [-0.1, -0.05) is 12.1 Å². The summed E-state index contributed by atoms with van der Waals surface area (Å²) >= 11 is 0. The van der Waals surface area contributed by atoms with E-state index in [1.165, 1.54) is 24.3 Å². The van der Waals surface area contributed by atoms with E-state index in [4.69, 9.17) is 14.2 Å². The monoisotopic (exact) mass is 332 g/mol. The van der Waals surface area contributed by atoms with Crippen molar-refractivity contribution in [1.82, 2.24) is 0 Å². The van der Waals surface area contributed by atoms with Gasteiger partial charge in [0.1, 0.15) is 5.82 Å². The highest BCUT2D eigenvalue weighted by Gasteiger charge is 2.12. The van der Waals surface area contributed by atoms with Crippen LogP contribution in [0.1, 0.15) is 17.3 Å². The molecule has 0 atom stereocenters. The average Bonchev–Trinajstić information content (AvgIpc) is 2.60. The molecule has 0 aliphatic heterocycles. The lowest BCUT2D eigenvalue weighted by atomic mass is 10.1. The Labute approximate surface area is 139 Å². The second kappa shape index (κ2) is 8.67. The molecule has 2 aromatic carbocycles. The lowest BCUT2D eigenvalue weighted by Gasteiger charge is -2.11. The quantitative estimate of drug-likeness (QED) is 0.549. The maximum atomic E-state index is 12.8. The van der Waals surface area contributed by atoms with Gasteiger partial charge in [0.2, 0.25) is 0 Å². The Balaban J connectivity index is 1.81. The third-order valence-corrected chi connectivity index (χ3v) is 3.02. The fraction of sp³-hybridized carbons (Fsp3) is 0.222. The Morgan fingerprint density at radius 1 is 0.917 bits per heavy atom. The Morgan fingerprint density at radius 2 is 1.54 bits per heavy atom. The van der Waals surface area contributed by atoms with E-state index < -0.39 is 24.2 Å². The van der Waals surface area contributed by atoms with Crippen molar-refractivity contribution < 1.29 is 28.2 Å². The van der Waals surface area contributed by atoms with Crippen molar-refractivity contribution in [1.29, 1.82) is 0 Å². The van der Waals surface area contributed by atoms with Gasteiger partial charge < -0.3 is 14.2 Å². The van der Waals surface area contributed by atoms with Crippen LogP contribution in [0.25, 0.3) is 0 Å². The first-order valence-corrected chi connectivity index (χ1v) is 7.39. The fourth-order valence-corrected chi connectivity index (χ4v) is 1.89. The molecule has 126 valence electrons. The van der Waals surface area contributed by atoms with Crippen LogP contribution in [0.15, 0.2) is 48.5 Å². The van der Waals surface area contributed by atoms with E-state index in [-0.39, 0.29) is 12.2 Å². The normalized spacial score (nSPS) is 10.1. The molecule has 0 N–H and O–H groups in total. The molecule has 0 saturated carbocycles. The first-order valence-electron chi connectivity index (χ1n) is 7.39. The number of hydrogen-bond donors (Lipinski definition) is 0. The molecule has 5 nitrogen and oxygen atoms in total. The predicted octanol–water partition coefficient (Wildman–Crippen LogP) is 3.03. The van der Waals surface area contributed by atoms with Crippen molar-refractivity contribution in [3.8, 4) is 11.5 Å². The predicted molar refractivity (Wildman–Crippen MR) is 84.8 cm³/mol. The van der Waals surface area contributed by atoms with Gasteiger partial charge in [0.25, 0.3) is 0 Å². The SMILES string of the molecule is CCOc1ccccc1OCC(=O)OCC(=O)c1ccc(F)cc1. The molecule has 0 radical (unpaired) electrons. The zero-order chi connectivity index (χ0) is 17.4. The van der Waals surface area contributed by atoms with Crippen molar-refractivity contribution >= 4 is 11.8 Å². The fourth-order valence-electron chi connectivity index (χ4n) is 1.89. The van der Waals surface area contributed by atoms with Crippen LogP contribution >= 0.6 is 0 Å². The maximum absolute atomic E-state index is 12.8. The second-order valence-corrected chi connectivity index (χ2v) is 4.76. The number of esters is 1. The largest absolute Gasteiger partial charge is 0.490 e. The third-order valence-electron chi connectivity index (χ3n) is 3.02. The summed E-state index contributed by atoms with van der Waals surface area (Å²) in [6.45, 7) is 1.53. The van der Waals surface area contributed by atoms with E-state index in [2.05, 4.69) is 0 Å². The van der Waals surface area contributed by atoms with Gasteiger partial charge in [-0.25, -0.2) is 9.18 Å². The summed E-state index contributed by atoms with van der Waals surface area (Å²) < 4.78 is 28.4. The standard InChI is InChI=1S/C18H17FO5/c1-2-22-16-5-3-4-6-17(16)23-12-18(21)24-11-15(20)13-7-9-14(19)10-8-13/h3-10H,2,11-12H2,1H3. The smallest absolute Gasteiger partial charge is 0.344 e. The first kappa shape index (κ1) is 17.5. The highest BCUT2D eigenvalue weighted by Crippen LogP contribution is 2.26. The third kappa shape index (κ3) is 5.08. The molecule has 2 rings (SSSR count). The highest BCUT2D eigenvalue weighted by molar-refractivity contribution is 5.97. The van der Waals surface area contributed by atoms with Crippen LogP contribution < -0.4 is 9.47 Å². The lowest BCUT2D eigenvalue weighted by molar-refractivity contribution is -0.144. The van der Waals surface area contributed by atoms with Crippen LogP contribution in [-0.4, -0.2) is 31.6 Å². The van der Waals surface area contributed by atoms with Crippen molar-refractivity contribution in [2.24, 2.45) is 0 Å². The summed E-state index contributed by atoms with van der Waals surface area (Å²) in [6, 6.07) is 11.9. The molecule has 0 heterocycles. The summed E-state index contributed by atoms with van der Waals surface area (Å²) in [5.74, 6) is -0.601. The number of ketones is 1. The number of rotatable bonds is 8. The van der Waals surface area contributed by atoms with Crippen molar-refractivity contribution in [3.05, 3.63) is 59.9 Å². The summed E-state index contributed by atoms with van der Waals surface area (Å²) in [4.78, 5) is 23.5. The number of hydrogen-bond acceptors (Lipinski definition) is 5. The number of carbonyl (C=O) groups is 2. The van der Waals surface area contributed by atoms with Crippen molar-refractivity contribution in [2.75, 3.05) is 19.8 Å². The van der Waals surface area contributed by atoms with E-state index in [0.29, 0.717) is 18.1 Å². The molecule has 0 aliphatic rings. The summed E-state index contributed by atoms with van der Waals surface area (Å²) in [5, 5.41) is 0. The molecule has 2 aromatic rings. The molecular formula is C18H17FO5. The van der Waals surface area contributed by atoms with Crippen LogP contribution in [0, 0.1) is 5.82 Å². The van der Waals surface area contributed by atoms with Gasteiger partial charge in [-0.3, -0.25) is 4.79 Å². The van der Waals surface area contributed by atoms with Gasteiger partial charge in [0.05, 0.1) is 6.61 Å². The maximum Gasteiger partial charge on any atom is 0.344 e. The number of ether oxygens (including phenoxy) is 3. The lowest BCUT2D eigenvalue weighted by Crippen LogP contribution is -2.19. The molecule has 0 fully saturated rings.